The molecule has 2 aromatic heterocycles. The van der Waals surface area contributed by atoms with Crippen molar-refractivity contribution in [2.45, 2.75) is 44.3 Å². The quantitative estimate of drug-likeness (QED) is 0.538. The van der Waals surface area contributed by atoms with Crippen molar-refractivity contribution in [2.75, 3.05) is 5.32 Å². The molecule has 1 aromatic carbocycles. The lowest BCUT2D eigenvalue weighted by Crippen LogP contribution is -2.52. The van der Waals surface area contributed by atoms with Crippen LogP contribution in [0.3, 0.4) is 0 Å². The van der Waals surface area contributed by atoms with E-state index in [-0.39, 0.29) is 41.9 Å². The van der Waals surface area contributed by atoms with Crippen LogP contribution in [-0.4, -0.2) is 49.5 Å². The zero-order valence-corrected chi connectivity index (χ0v) is 18.5. The summed E-state index contributed by atoms with van der Waals surface area (Å²) in [6, 6.07) is 11.9. The molecule has 1 aliphatic heterocycles. The molecule has 2 fully saturated rings. The van der Waals surface area contributed by atoms with Crippen LogP contribution in [0.4, 0.5) is 5.82 Å². The maximum Gasteiger partial charge on any atom is 0.248 e. The number of nitrogens with two attached hydrogens (primary N) is 1. The average molecular weight is 467 g/mol. The first-order valence-electron chi connectivity index (χ1n) is 10.9. The Labute approximate surface area is 194 Å². The molecule has 3 heterocycles. The molecule has 9 nitrogen and oxygen atoms in total. The second kappa shape index (κ2) is 8.47. The van der Waals surface area contributed by atoms with E-state index < -0.39 is 11.9 Å². The van der Waals surface area contributed by atoms with Gasteiger partial charge < -0.3 is 16.0 Å². The number of carbonyl (C=O) groups is 3. The van der Waals surface area contributed by atoms with Crippen LogP contribution in [0.2, 0.25) is 5.15 Å². The number of primary amides is 1. The smallest absolute Gasteiger partial charge is 0.248 e. The van der Waals surface area contributed by atoms with Gasteiger partial charge in [0.05, 0.1) is 17.6 Å². The fourth-order valence-electron chi connectivity index (χ4n) is 5.18. The number of hydrogen-bond donors (Lipinski definition) is 2. The van der Waals surface area contributed by atoms with Crippen molar-refractivity contribution in [3.05, 3.63) is 53.3 Å². The van der Waals surface area contributed by atoms with Crippen molar-refractivity contribution in [3.63, 3.8) is 0 Å². The number of nitrogens with zero attached hydrogens (tertiary/aromatic N) is 4. The van der Waals surface area contributed by atoms with Gasteiger partial charge in [0.2, 0.25) is 17.7 Å². The van der Waals surface area contributed by atoms with Crippen LogP contribution in [0.1, 0.15) is 25.0 Å². The van der Waals surface area contributed by atoms with Gasteiger partial charge in [0.25, 0.3) is 0 Å². The third kappa shape index (κ3) is 4.04. The number of carbonyl (C=O) groups excluding carboxylic acids is 3. The number of anilines is 1. The van der Waals surface area contributed by atoms with Crippen LogP contribution in [0.25, 0.3) is 10.9 Å². The number of nitrogens with one attached hydrogen (secondary N) is 1. The molecule has 1 unspecified atom stereocenters. The largest absolute Gasteiger partial charge is 0.369 e. The molecule has 1 saturated heterocycles. The highest BCUT2D eigenvalue weighted by Gasteiger charge is 2.51. The van der Waals surface area contributed by atoms with Gasteiger partial charge in [-0.25, -0.2) is 4.98 Å². The van der Waals surface area contributed by atoms with Gasteiger partial charge in [0, 0.05) is 11.4 Å². The van der Waals surface area contributed by atoms with Crippen molar-refractivity contribution in [3.8, 4) is 0 Å². The Bertz CT molecular complexity index is 1260. The van der Waals surface area contributed by atoms with Gasteiger partial charge in [0.1, 0.15) is 23.6 Å². The highest BCUT2D eigenvalue weighted by atomic mass is 35.5. The molecule has 2 aliphatic rings. The van der Waals surface area contributed by atoms with Crippen molar-refractivity contribution in [2.24, 2.45) is 11.7 Å². The minimum absolute atomic E-state index is 0.00617. The predicted molar refractivity (Wildman–Crippen MR) is 122 cm³/mol. The zero-order valence-electron chi connectivity index (χ0n) is 17.8. The summed E-state index contributed by atoms with van der Waals surface area (Å²) in [5.41, 5.74) is 6.65. The molecule has 0 spiro atoms. The maximum absolute atomic E-state index is 13.5. The molecule has 1 saturated carbocycles. The Morgan fingerprint density at radius 1 is 1.12 bits per heavy atom. The molecule has 3 amide bonds. The SMILES string of the molecule is NC(=O)Cc1nn(CC(=O)N2C(C(=O)Nc3cccc(Cl)n3)[C@H]3CC[C@@H]2C3)c2ccccc12. The van der Waals surface area contributed by atoms with E-state index in [1.165, 1.54) is 0 Å². The highest BCUT2D eigenvalue weighted by molar-refractivity contribution is 6.29. The number of benzene rings is 1. The van der Waals surface area contributed by atoms with Crippen molar-refractivity contribution < 1.29 is 14.4 Å². The van der Waals surface area contributed by atoms with Crippen LogP contribution in [0, 0.1) is 5.92 Å². The third-order valence-corrected chi connectivity index (χ3v) is 6.68. The predicted octanol–water partition coefficient (Wildman–Crippen LogP) is 2.13. The Morgan fingerprint density at radius 2 is 1.94 bits per heavy atom. The first kappa shape index (κ1) is 21.4. The Hall–Kier alpha value is -3.46. The van der Waals surface area contributed by atoms with Crippen molar-refractivity contribution in [1.29, 1.82) is 0 Å². The Morgan fingerprint density at radius 3 is 2.73 bits per heavy atom. The fourth-order valence-corrected chi connectivity index (χ4v) is 5.35. The van der Waals surface area contributed by atoms with E-state index in [4.69, 9.17) is 17.3 Å². The van der Waals surface area contributed by atoms with E-state index >= 15 is 0 Å². The second-order valence-electron chi connectivity index (χ2n) is 8.57. The summed E-state index contributed by atoms with van der Waals surface area (Å²) in [6.07, 6.45) is 2.58. The van der Waals surface area contributed by atoms with Gasteiger partial charge in [-0.2, -0.15) is 5.10 Å². The average Bonchev–Trinajstić information content (AvgIpc) is 3.47. The first-order chi connectivity index (χ1) is 15.9. The van der Waals surface area contributed by atoms with E-state index in [0.717, 1.165) is 30.2 Å². The summed E-state index contributed by atoms with van der Waals surface area (Å²) in [5, 5.41) is 8.37. The van der Waals surface area contributed by atoms with Crippen LogP contribution < -0.4 is 11.1 Å². The van der Waals surface area contributed by atoms with Gasteiger partial charge >= 0.3 is 0 Å². The molecule has 170 valence electrons. The molecule has 3 atom stereocenters. The van der Waals surface area contributed by atoms with Crippen LogP contribution >= 0.6 is 11.6 Å². The number of fused-ring (bicyclic) bond motifs is 3. The standard InChI is InChI=1S/C23H23ClN6O3/c24-18-6-3-7-20(26-18)27-23(33)22-13-8-9-14(10-13)30(22)21(32)12-29-17-5-2-1-4-15(17)16(28-29)11-19(25)31/h1-7,13-14,22H,8-12H2,(H2,25,31)(H,26,27,33)/t13-,14+,22?/m0/s1. The van der Waals surface area contributed by atoms with Gasteiger partial charge in [-0.05, 0) is 43.4 Å². The summed E-state index contributed by atoms with van der Waals surface area (Å²) in [4.78, 5) is 43.9. The first-order valence-corrected chi connectivity index (χ1v) is 11.3. The lowest BCUT2D eigenvalue weighted by molar-refractivity contribution is -0.141. The molecular formula is C23H23ClN6O3. The highest BCUT2D eigenvalue weighted by Crippen LogP contribution is 2.43. The number of hydrogen-bond acceptors (Lipinski definition) is 5. The molecule has 3 aromatic rings. The molecule has 33 heavy (non-hydrogen) atoms. The number of rotatable bonds is 6. The van der Waals surface area contributed by atoms with E-state index in [2.05, 4.69) is 15.4 Å². The number of amides is 3. The molecule has 0 radical (unpaired) electrons. The topological polar surface area (TPSA) is 123 Å². The van der Waals surface area contributed by atoms with Crippen LogP contribution in [0.15, 0.2) is 42.5 Å². The number of piperidine rings is 1. The summed E-state index contributed by atoms with van der Waals surface area (Å²) < 4.78 is 1.59. The minimum Gasteiger partial charge on any atom is -0.369 e. The molecular weight excluding hydrogens is 444 g/mol. The number of aromatic nitrogens is 3. The summed E-state index contributed by atoms with van der Waals surface area (Å²) in [6.45, 7) is -0.0261. The molecule has 5 rings (SSSR count). The summed E-state index contributed by atoms with van der Waals surface area (Å²) in [5.74, 6) is -0.458. The zero-order chi connectivity index (χ0) is 23.1. The van der Waals surface area contributed by atoms with Crippen LogP contribution in [0.5, 0.6) is 0 Å². The van der Waals surface area contributed by atoms with E-state index in [1.807, 2.05) is 24.3 Å². The summed E-state index contributed by atoms with van der Waals surface area (Å²) >= 11 is 5.94. The molecule has 2 bridgehead atoms. The number of likely N-dealkylation sites (tertiary alicyclic amines) is 1. The lowest BCUT2D eigenvalue weighted by Gasteiger charge is -2.34. The number of halogens is 1. The number of para-hydroxylation sites is 1. The fraction of sp³-hybridized carbons (Fsp3) is 0.348. The van der Waals surface area contributed by atoms with E-state index in [9.17, 15) is 14.4 Å². The van der Waals surface area contributed by atoms with Crippen molar-refractivity contribution in [1.82, 2.24) is 19.7 Å². The van der Waals surface area contributed by atoms with Gasteiger partial charge in [-0.15, -0.1) is 0 Å². The molecule has 1 aliphatic carbocycles. The van der Waals surface area contributed by atoms with E-state index in [1.54, 1.807) is 27.8 Å². The van der Waals surface area contributed by atoms with Gasteiger partial charge in [0.15, 0.2) is 0 Å². The third-order valence-electron chi connectivity index (χ3n) is 6.47. The Kier molecular flexibility index (Phi) is 5.49. The van der Waals surface area contributed by atoms with Crippen LogP contribution in [-0.2, 0) is 27.3 Å². The summed E-state index contributed by atoms with van der Waals surface area (Å²) in [7, 11) is 0. The molecule has 3 N–H and O–H groups in total. The normalized spacial score (nSPS) is 21.5. The lowest BCUT2D eigenvalue weighted by atomic mass is 9.97. The minimum atomic E-state index is -0.566. The second-order valence-corrected chi connectivity index (χ2v) is 8.96. The maximum atomic E-state index is 13.5. The molecule has 10 heteroatoms. The van der Waals surface area contributed by atoms with Gasteiger partial charge in [-0.3, -0.25) is 19.1 Å². The van der Waals surface area contributed by atoms with Gasteiger partial charge in [-0.1, -0.05) is 35.9 Å². The number of pyridine rings is 1. The van der Waals surface area contributed by atoms with Crippen molar-refractivity contribution >= 4 is 46.0 Å². The monoisotopic (exact) mass is 466 g/mol. The van der Waals surface area contributed by atoms with E-state index in [0.29, 0.717) is 11.5 Å². The Balaban J connectivity index is 1.39.